The van der Waals surface area contributed by atoms with E-state index in [1.807, 2.05) is 12.1 Å². The average Bonchev–Trinajstić information content (AvgIpc) is 2.39. The second-order valence-electron chi connectivity index (χ2n) is 6.79. The van der Waals surface area contributed by atoms with Crippen molar-refractivity contribution in [1.29, 1.82) is 0 Å². The number of nitrogens with zero attached hydrogens (tertiary/aromatic N) is 1. The summed E-state index contributed by atoms with van der Waals surface area (Å²) in [6.07, 6.45) is 2.51. The van der Waals surface area contributed by atoms with E-state index in [1.165, 1.54) is 18.4 Å². The molecular formula is C17H28N2O. The predicted octanol–water partition coefficient (Wildman–Crippen LogP) is 2.90. The molecule has 0 amide bonds. The molecule has 0 saturated carbocycles. The fraction of sp³-hybridized carbons (Fsp3) is 0.647. The summed E-state index contributed by atoms with van der Waals surface area (Å²) in [5, 5.41) is 0. The topological polar surface area (TPSA) is 38.5 Å². The van der Waals surface area contributed by atoms with Crippen LogP contribution in [-0.4, -0.2) is 38.3 Å². The van der Waals surface area contributed by atoms with Crippen LogP contribution in [0.3, 0.4) is 0 Å². The van der Waals surface area contributed by atoms with E-state index in [0.717, 1.165) is 32.0 Å². The van der Waals surface area contributed by atoms with Gasteiger partial charge in [0, 0.05) is 30.8 Å². The Morgan fingerprint density at radius 1 is 1.30 bits per heavy atom. The Bertz CT molecular complexity index is 408. The first kappa shape index (κ1) is 15.3. The molecule has 0 radical (unpaired) electrons. The van der Waals surface area contributed by atoms with Gasteiger partial charge in [0.15, 0.2) is 0 Å². The molecule has 2 N–H and O–H groups in total. The molecule has 20 heavy (non-hydrogen) atoms. The van der Waals surface area contributed by atoms with E-state index in [2.05, 4.69) is 37.9 Å². The number of benzene rings is 1. The molecule has 1 heterocycles. The highest BCUT2D eigenvalue weighted by Gasteiger charge is 2.24. The highest BCUT2D eigenvalue weighted by molar-refractivity contribution is 5.41. The lowest BCUT2D eigenvalue weighted by Crippen LogP contribution is -2.38. The number of hydrogen-bond donors (Lipinski definition) is 1. The lowest BCUT2D eigenvalue weighted by atomic mass is 9.84. The minimum atomic E-state index is 0.137. The summed E-state index contributed by atoms with van der Waals surface area (Å²) in [7, 11) is 2.22. The Balaban J connectivity index is 1.91. The number of hydrogen-bond acceptors (Lipinski definition) is 3. The third kappa shape index (κ3) is 4.22. The van der Waals surface area contributed by atoms with Crippen LogP contribution in [0.5, 0.6) is 0 Å². The highest BCUT2D eigenvalue weighted by atomic mass is 16.5. The van der Waals surface area contributed by atoms with Crippen LogP contribution in [-0.2, 0) is 10.2 Å². The maximum atomic E-state index is 5.77. The van der Waals surface area contributed by atoms with Crippen LogP contribution in [0.25, 0.3) is 0 Å². The Hall–Kier alpha value is -1.06. The Morgan fingerprint density at radius 3 is 2.60 bits per heavy atom. The number of nitrogen functional groups attached to an aromatic ring is 1. The zero-order valence-corrected chi connectivity index (χ0v) is 13.1. The first-order chi connectivity index (χ1) is 9.47. The molecule has 1 aromatic carbocycles. The van der Waals surface area contributed by atoms with Crippen LogP contribution in [0.2, 0.25) is 0 Å². The molecule has 3 heteroatoms. The van der Waals surface area contributed by atoms with E-state index >= 15 is 0 Å². The van der Waals surface area contributed by atoms with Crippen molar-refractivity contribution in [2.75, 3.05) is 39.1 Å². The molecule has 0 aromatic heterocycles. The van der Waals surface area contributed by atoms with Gasteiger partial charge in [0.1, 0.15) is 0 Å². The second kappa shape index (κ2) is 6.59. The van der Waals surface area contributed by atoms with Crippen molar-refractivity contribution in [2.45, 2.75) is 32.1 Å². The average molecular weight is 276 g/mol. The zero-order valence-electron chi connectivity index (χ0n) is 13.1. The van der Waals surface area contributed by atoms with Gasteiger partial charge in [-0.25, -0.2) is 0 Å². The van der Waals surface area contributed by atoms with Crippen LogP contribution >= 0.6 is 0 Å². The SMILES string of the molecule is CN(CC1CCCOC1)CC(C)(C)c1ccc(N)cc1. The Kier molecular flexibility index (Phi) is 5.06. The van der Waals surface area contributed by atoms with Crippen LogP contribution in [0.4, 0.5) is 5.69 Å². The molecule has 1 saturated heterocycles. The fourth-order valence-electron chi connectivity index (χ4n) is 3.16. The molecule has 1 aliphatic heterocycles. The van der Waals surface area contributed by atoms with E-state index < -0.39 is 0 Å². The van der Waals surface area contributed by atoms with Gasteiger partial charge in [0.05, 0.1) is 6.61 Å². The maximum absolute atomic E-state index is 5.77. The van der Waals surface area contributed by atoms with Crippen molar-refractivity contribution >= 4 is 5.69 Å². The number of likely N-dealkylation sites (N-methyl/N-ethyl adjacent to an activating group) is 1. The molecule has 1 aliphatic rings. The third-order valence-electron chi connectivity index (χ3n) is 4.18. The second-order valence-corrected chi connectivity index (χ2v) is 6.79. The lowest BCUT2D eigenvalue weighted by molar-refractivity contribution is 0.0398. The van der Waals surface area contributed by atoms with Crippen molar-refractivity contribution < 1.29 is 4.74 Å². The predicted molar refractivity (Wildman–Crippen MR) is 84.9 cm³/mol. The van der Waals surface area contributed by atoms with Gasteiger partial charge in [0.2, 0.25) is 0 Å². The van der Waals surface area contributed by atoms with Crippen molar-refractivity contribution in [3.8, 4) is 0 Å². The van der Waals surface area contributed by atoms with E-state index in [1.54, 1.807) is 0 Å². The van der Waals surface area contributed by atoms with E-state index in [4.69, 9.17) is 10.5 Å². The van der Waals surface area contributed by atoms with Crippen molar-refractivity contribution in [2.24, 2.45) is 5.92 Å². The Labute approximate surface area is 123 Å². The van der Waals surface area contributed by atoms with Crippen molar-refractivity contribution in [3.05, 3.63) is 29.8 Å². The lowest BCUT2D eigenvalue weighted by Gasteiger charge is -2.34. The number of rotatable bonds is 5. The molecule has 1 fully saturated rings. The summed E-state index contributed by atoms with van der Waals surface area (Å²) in [6.45, 7) is 8.63. The van der Waals surface area contributed by atoms with Gasteiger partial charge in [-0.15, -0.1) is 0 Å². The minimum Gasteiger partial charge on any atom is -0.399 e. The van der Waals surface area contributed by atoms with E-state index in [9.17, 15) is 0 Å². The molecule has 112 valence electrons. The molecule has 0 spiro atoms. The quantitative estimate of drug-likeness (QED) is 0.840. The minimum absolute atomic E-state index is 0.137. The number of anilines is 1. The monoisotopic (exact) mass is 276 g/mol. The smallest absolute Gasteiger partial charge is 0.0506 e. The molecule has 1 aromatic rings. The van der Waals surface area contributed by atoms with Crippen LogP contribution < -0.4 is 5.73 Å². The first-order valence-electron chi connectivity index (χ1n) is 7.60. The highest BCUT2D eigenvalue weighted by Crippen LogP contribution is 2.25. The molecule has 0 aliphatic carbocycles. The van der Waals surface area contributed by atoms with Gasteiger partial charge in [-0.2, -0.15) is 0 Å². The van der Waals surface area contributed by atoms with Crippen LogP contribution in [0.1, 0.15) is 32.3 Å². The molecule has 0 bridgehead atoms. The first-order valence-corrected chi connectivity index (χ1v) is 7.60. The van der Waals surface area contributed by atoms with Gasteiger partial charge >= 0.3 is 0 Å². The molecule has 1 unspecified atom stereocenters. The maximum Gasteiger partial charge on any atom is 0.0506 e. The molecule has 1 atom stereocenters. The molecular weight excluding hydrogens is 248 g/mol. The van der Waals surface area contributed by atoms with Gasteiger partial charge < -0.3 is 15.4 Å². The van der Waals surface area contributed by atoms with Crippen molar-refractivity contribution in [1.82, 2.24) is 4.90 Å². The number of nitrogens with two attached hydrogens (primary N) is 1. The third-order valence-corrected chi connectivity index (χ3v) is 4.18. The van der Waals surface area contributed by atoms with Gasteiger partial charge in [0.25, 0.3) is 0 Å². The molecule has 2 rings (SSSR count). The van der Waals surface area contributed by atoms with E-state index in [-0.39, 0.29) is 5.41 Å². The van der Waals surface area contributed by atoms with Crippen LogP contribution in [0.15, 0.2) is 24.3 Å². The zero-order chi connectivity index (χ0) is 14.6. The Morgan fingerprint density at radius 2 is 2.00 bits per heavy atom. The number of ether oxygens (including phenoxy) is 1. The summed E-state index contributed by atoms with van der Waals surface area (Å²) >= 11 is 0. The summed E-state index contributed by atoms with van der Waals surface area (Å²) < 4.78 is 5.57. The van der Waals surface area contributed by atoms with Gasteiger partial charge in [-0.1, -0.05) is 26.0 Å². The largest absolute Gasteiger partial charge is 0.399 e. The van der Waals surface area contributed by atoms with Crippen LogP contribution in [0, 0.1) is 5.92 Å². The summed E-state index contributed by atoms with van der Waals surface area (Å²) in [6, 6.07) is 8.28. The van der Waals surface area contributed by atoms with Gasteiger partial charge in [-0.05, 0) is 43.5 Å². The normalized spacial score (nSPS) is 20.3. The summed E-state index contributed by atoms with van der Waals surface area (Å²) in [5.74, 6) is 0.691. The summed E-state index contributed by atoms with van der Waals surface area (Å²) in [4.78, 5) is 2.44. The van der Waals surface area contributed by atoms with E-state index in [0.29, 0.717) is 5.92 Å². The van der Waals surface area contributed by atoms with Gasteiger partial charge in [-0.3, -0.25) is 0 Å². The molecule has 3 nitrogen and oxygen atoms in total. The fourth-order valence-corrected chi connectivity index (χ4v) is 3.16. The standard InChI is InChI=1S/C17H28N2O/c1-17(2,15-6-8-16(18)9-7-15)13-19(3)11-14-5-4-10-20-12-14/h6-9,14H,4-5,10-13,18H2,1-3H3. The summed E-state index contributed by atoms with van der Waals surface area (Å²) in [5.41, 5.74) is 8.08. The van der Waals surface area contributed by atoms with Crippen molar-refractivity contribution in [3.63, 3.8) is 0 Å².